The molecule has 106 valence electrons. The average molecular weight is 274 g/mol. The summed E-state index contributed by atoms with van der Waals surface area (Å²) in [4.78, 5) is 6.57. The fourth-order valence-electron chi connectivity index (χ4n) is 2.65. The number of imidazole rings is 1. The Hall–Kier alpha value is -1.88. The molecule has 1 aliphatic heterocycles. The Balaban J connectivity index is 1.89. The Morgan fingerprint density at radius 2 is 2.25 bits per heavy atom. The zero-order valence-corrected chi connectivity index (χ0v) is 11.6. The Kier molecular flexibility index (Phi) is 3.69. The van der Waals surface area contributed by atoms with Gasteiger partial charge in [0, 0.05) is 43.3 Å². The molecule has 0 radical (unpaired) electrons. The van der Waals surface area contributed by atoms with Gasteiger partial charge in [-0.15, -0.1) is 0 Å². The van der Waals surface area contributed by atoms with Crippen LogP contribution < -0.4 is 10.2 Å². The molecule has 2 aromatic rings. The number of fused-ring (bicyclic) bond motifs is 1. The summed E-state index contributed by atoms with van der Waals surface area (Å²) in [5.74, 6) is 0.896. The number of aromatic nitrogens is 2. The van der Waals surface area contributed by atoms with Crippen LogP contribution in [0.15, 0.2) is 30.6 Å². The predicted molar refractivity (Wildman–Crippen MR) is 77.1 cm³/mol. The van der Waals surface area contributed by atoms with Crippen LogP contribution in [-0.4, -0.2) is 22.6 Å². The molecular formula is C15H19FN4. The molecule has 0 atom stereocenters. The first-order valence-corrected chi connectivity index (χ1v) is 7.02. The van der Waals surface area contributed by atoms with Crippen LogP contribution in [0, 0.1) is 5.82 Å². The largest absolute Gasteiger partial charge is 0.362 e. The van der Waals surface area contributed by atoms with Gasteiger partial charge in [-0.1, -0.05) is 13.0 Å². The van der Waals surface area contributed by atoms with E-state index in [1.807, 2.05) is 25.4 Å². The quantitative estimate of drug-likeness (QED) is 0.927. The maximum absolute atomic E-state index is 14.1. The van der Waals surface area contributed by atoms with Gasteiger partial charge < -0.3 is 14.8 Å². The molecule has 0 unspecified atom stereocenters. The molecule has 0 saturated carbocycles. The molecule has 5 heteroatoms. The molecule has 0 amide bonds. The van der Waals surface area contributed by atoms with E-state index < -0.39 is 0 Å². The van der Waals surface area contributed by atoms with Gasteiger partial charge in [0.25, 0.3) is 0 Å². The summed E-state index contributed by atoms with van der Waals surface area (Å²) in [6.45, 7) is 5.92. The minimum atomic E-state index is -0.141. The molecule has 4 nitrogen and oxygen atoms in total. The smallest absolute Gasteiger partial charge is 0.129 e. The highest BCUT2D eigenvalue weighted by atomic mass is 19.1. The van der Waals surface area contributed by atoms with E-state index in [-0.39, 0.29) is 5.82 Å². The minimum Gasteiger partial charge on any atom is -0.362 e. The molecule has 1 aromatic carbocycles. The van der Waals surface area contributed by atoms with E-state index in [0.717, 1.165) is 43.3 Å². The van der Waals surface area contributed by atoms with Gasteiger partial charge >= 0.3 is 0 Å². The van der Waals surface area contributed by atoms with Crippen molar-refractivity contribution < 1.29 is 4.39 Å². The van der Waals surface area contributed by atoms with E-state index in [1.54, 1.807) is 6.07 Å². The van der Waals surface area contributed by atoms with Gasteiger partial charge in [-0.05, 0) is 18.7 Å². The highest BCUT2D eigenvalue weighted by molar-refractivity contribution is 5.54. The summed E-state index contributed by atoms with van der Waals surface area (Å²) in [7, 11) is 0. The van der Waals surface area contributed by atoms with E-state index in [4.69, 9.17) is 0 Å². The molecule has 0 aliphatic carbocycles. The zero-order chi connectivity index (χ0) is 13.9. The first-order valence-electron chi connectivity index (χ1n) is 7.02. The molecule has 1 aromatic heterocycles. The summed E-state index contributed by atoms with van der Waals surface area (Å²) in [5.41, 5.74) is 1.72. The van der Waals surface area contributed by atoms with Gasteiger partial charge in [-0.25, -0.2) is 9.37 Å². The van der Waals surface area contributed by atoms with Crippen LogP contribution in [0.1, 0.15) is 18.3 Å². The second kappa shape index (κ2) is 5.63. The van der Waals surface area contributed by atoms with Crippen molar-refractivity contribution in [2.45, 2.75) is 26.6 Å². The maximum Gasteiger partial charge on any atom is 0.129 e. The van der Waals surface area contributed by atoms with Crippen molar-refractivity contribution in [3.63, 3.8) is 0 Å². The van der Waals surface area contributed by atoms with Crippen molar-refractivity contribution in [1.29, 1.82) is 0 Å². The van der Waals surface area contributed by atoms with Crippen molar-refractivity contribution in [1.82, 2.24) is 14.9 Å². The van der Waals surface area contributed by atoms with Gasteiger partial charge in [0.05, 0.1) is 6.54 Å². The highest BCUT2D eigenvalue weighted by Gasteiger charge is 2.20. The van der Waals surface area contributed by atoms with E-state index in [2.05, 4.69) is 19.8 Å². The second-order valence-electron chi connectivity index (χ2n) is 4.98. The number of halogens is 1. The van der Waals surface area contributed by atoms with Gasteiger partial charge in [-0.3, -0.25) is 0 Å². The summed E-state index contributed by atoms with van der Waals surface area (Å²) in [5, 5.41) is 3.21. The molecule has 20 heavy (non-hydrogen) atoms. The Morgan fingerprint density at radius 1 is 1.35 bits per heavy atom. The number of nitrogens with one attached hydrogen (secondary N) is 1. The van der Waals surface area contributed by atoms with E-state index in [9.17, 15) is 4.39 Å². The molecule has 1 aliphatic rings. The van der Waals surface area contributed by atoms with E-state index in [1.165, 1.54) is 6.07 Å². The third kappa shape index (κ3) is 2.41. The van der Waals surface area contributed by atoms with Crippen molar-refractivity contribution in [2.75, 3.05) is 18.0 Å². The normalized spacial score (nSPS) is 14.4. The Morgan fingerprint density at radius 3 is 3.10 bits per heavy atom. The van der Waals surface area contributed by atoms with Crippen LogP contribution in [0.4, 0.5) is 10.1 Å². The third-order valence-electron chi connectivity index (χ3n) is 3.73. The minimum absolute atomic E-state index is 0.141. The Bertz CT molecular complexity index is 593. The van der Waals surface area contributed by atoms with Gasteiger partial charge in [0.1, 0.15) is 11.6 Å². The van der Waals surface area contributed by atoms with Crippen LogP contribution in [-0.2, 0) is 19.6 Å². The lowest BCUT2D eigenvalue weighted by Gasteiger charge is -2.31. The summed E-state index contributed by atoms with van der Waals surface area (Å²) < 4.78 is 16.2. The molecular weight excluding hydrogens is 255 g/mol. The van der Waals surface area contributed by atoms with Gasteiger partial charge in [0.15, 0.2) is 0 Å². The fourth-order valence-corrected chi connectivity index (χ4v) is 2.65. The van der Waals surface area contributed by atoms with Crippen LogP contribution >= 0.6 is 0 Å². The van der Waals surface area contributed by atoms with Crippen LogP contribution in [0.25, 0.3) is 0 Å². The summed E-state index contributed by atoms with van der Waals surface area (Å²) in [6, 6.07) is 5.30. The number of rotatable bonds is 4. The average Bonchev–Trinajstić information content (AvgIpc) is 2.93. The lowest BCUT2D eigenvalue weighted by atomic mass is 10.1. The van der Waals surface area contributed by atoms with Crippen LogP contribution in [0.2, 0.25) is 0 Å². The second-order valence-corrected chi connectivity index (χ2v) is 4.98. The molecule has 0 saturated heterocycles. The molecule has 0 bridgehead atoms. The molecule has 3 rings (SSSR count). The van der Waals surface area contributed by atoms with Crippen molar-refractivity contribution >= 4 is 5.69 Å². The highest BCUT2D eigenvalue weighted by Crippen LogP contribution is 2.26. The number of anilines is 1. The number of hydrogen-bond acceptors (Lipinski definition) is 3. The van der Waals surface area contributed by atoms with Crippen LogP contribution in [0.3, 0.4) is 0 Å². The first-order chi connectivity index (χ1) is 9.79. The van der Waals surface area contributed by atoms with Gasteiger partial charge in [0.2, 0.25) is 0 Å². The van der Waals surface area contributed by atoms with Gasteiger partial charge in [-0.2, -0.15) is 0 Å². The van der Waals surface area contributed by atoms with E-state index in [0.29, 0.717) is 6.54 Å². The fraction of sp³-hybridized carbons (Fsp3) is 0.400. The monoisotopic (exact) mass is 274 g/mol. The molecule has 0 fully saturated rings. The topological polar surface area (TPSA) is 33.1 Å². The Labute approximate surface area is 118 Å². The van der Waals surface area contributed by atoms with Crippen molar-refractivity contribution in [3.8, 4) is 0 Å². The third-order valence-corrected chi connectivity index (χ3v) is 3.73. The molecule has 2 heterocycles. The number of hydrogen-bond donors (Lipinski definition) is 1. The lowest BCUT2D eigenvalue weighted by Crippen LogP contribution is -2.34. The number of nitrogens with zero attached hydrogens (tertiary/aromatic N) is 3. The summed E-state index contributed by atoms with van der Waals surface area (Å²) >= 11 is 0. The van der Waals surface area contributed by atoms with Crippen molar-refractivity contribution in [3.05, 3.63) is 47.8 Å². The first kappa shape index (κ1) is 13.1. The predicted octanol–water partition coefficient (Wildman–Crippen LogP) is 2.15. The summed E-state index contributed by atoms with van der Waals surface area (Å²) in [6.07, 6.45) is 3.82. The zero-order valence-electron chi connectivity index (χ0n) is 11.6. The number of benzene rings is 1. The van der Waals surface area contributed by atoms with E-state index >= 15 is 0 Å². The SMILES string of the molecule is CCNCc1c(F)cccc1N1CCn2ccnc2C1. The molecule has 1 N–H and O–H groups in total. The van der Waals surface area contributed by atoms with Crippen LogP contribution in [0.5, 0.6) is 0 Å². The molecule has 0 spiro atoms. The van der Waals surface area contributed by atoms with Crippen molar-refractivity contribution in [2.24, 2.45) is 0 Å². The standard InChI is InChI=1S/C15H19FN4/c1-2-17-10-12-13(16)4-3-5-14(12)20-9-8-19-7-6-18-15(19)11-20/h3-7,17H,2,8-11H2,1H3. The lowest BCUT2D eigenvalue weighted by molar-refractivity contribution is 0.550. The maximum atomic E-state index is 14.1.